The van der Waals surface area contributed by atoms with E-state index in [0.29, 0.717) is 17.0 Å². The maximum atomic E-state index is 13.1. The van der Waals surface area contributed by atoms with Gasteiger partial charge in [0.15, 0.2) is 0 Å². The fraction of sp³-hybridized carbons (Fsp3) is 0.167. The van der Waals surface area contributed by atoms with Crippen LogP contribution in [0.4, 0.5) is 10.1 Å². The molecular formula is C12H13FN2O3S. The molecule has 1 heterocycles. The zero-order valence-electron chi connectivity index (χ0n) is 10.2. The number of primary sulfonamides is 1. The second-order valence-corrected chi connectivity index (χ2v) is 5.58. The second kappa shape index (κ2) is 5.02. The number of halogens is 1. The summed E-state index contributed by atoms with van der Waals surface area (Å²) in [5.41, 5.74) is 1.24. The van der Waals surface area contributed by atoms with Crippen LogP contribution in [0.15, 0.2) is 39.8 Å². The van der Waals surface area contributed by atoms with Crippen LogP contribution in [0.2, 0.25) is 0 Å². The van der Waals surface area contributed by atoms with E-state index in [1.54, 1.807) is 19.1 Å². The maximum Gasteiger partial charge on any atom is 0.271 e. The Labute approximate surface area is 110 Å². The van der Waals surface area contributed by atoms with Crippen LogP contribution in [0.25, 0.3) is 0 Å². The summed E-state index contributed by atoms with van der Waals surface area (Å²) in [5, 5.41) is 7.65. The van der Waals surface area contributed by atoms with Crippen molar-refractivity contribution in [3.63, 3.8) is 0 Å². The zero-order valence-corrected chi connectivity index (χ0v) is 11.0. The largest absolute Gasteiger partial charge is 0.446 e. The summed E-state index contributed by atoms with van der Waals surface area (Å²) in [6.07, 6.45) is 0. The first-order valence-electron chi connectivity index (χ1n) is 5.48. The molecule has 0 saturated heterocycles. The molecule has 0 atom stereocenters. The molecule has 0 aliphatic carbocycles. The number of nitrogens with one attached hydrogen (secondary N) is 1. The minimum atomic E-state index is -3.82. The smallest absolute Gasteiger partial charge is 0.271 e. The predicted molar refractivity (Wildman–Crippen MR) is 68.5 cm³/mol. The molecule has 0 fully saturated rings. The topological polar surface area (TPSA) is 85.3 Å². The Morgan fingerprint density at radius 1 is 1.32 bits per heavy atom. The van der Waals surface area contributed by atoms with Crippen molar-refractivity contribution in [2.24, 2.45) is 5.14 Å². The molecule has 7 heteroatoms. The van der Waals surface area contributed by atoms with E-state index in [-0.39, 0.29) is 17.5 Å². The molecule has 2 aromatic rings. The number of aryl methyl sites for hydroxylation is 1. The SMILES string of the molecule is Cc1cc(NCc2ccc(S(N)(=O)=O)o2)ccc1F. The molecule has 1 aromatic heterocycles. The highest BCUT2D eigenvalue weighted by Gasteiger charge is 2.12. The van der Waals surface area contributed by atoms with Gasteiger partial charge in [-0.25, -0.2) is 17.9 Å². The molecule has 19 heavy (non-hydrogen) atoms. The lowest BCUT2D eigenvalue weighted by molar-refractivity contribution is 0.419. The summed E-state index contributed by atoms with van der Waals surface area (Å²) in [7, 11) is -3.82. The molecule has 0 aliphatic heterocycles. The summed E-state index contributed by atoms with van der Waals surface area (Å²) >= 11 is 0. The number of sulfonamides is 1. The van der Waals surface area contributed by atoms with Gasteiger partial charge in [-0.2, -0.15) is 0 Å². The van der Waals surface area contributed by atoms with Crippen molar-refractivity contribution >= 4 is 15.7 Å². The lowest BCUT2D eigenvalue weighted by Crippen LogP contribution is -2.10. The molecule has 0 unspecified atom stereocenters. The summed E-state index contributed by atoms with van der Waals surface area (Å²) in [6.45, 7) is 1.94. The molecule has 0 saturated carbocycles. The Hall–Kier alpha value is -1.86. The molecule has 2 rings (SSSR count). The van der Waals surface area contributed by atoms with Gasteiger partial charge in [0.1, 0.15) is 11.6 Å². The third-order valence-corrected chi connectivity index (χ3v) is 3.32. The van der Waals surface area contributed by atoms with Crippen molar-refractivity contribution < 1.29 is 17.2 Å². The van der Waals surface area contributed by atoms with Gasteiger partial charge in [0.2, 0.25) is 5.09 Å². The van der Waals surface area contributed by atoms with Crippen molar-refractivity contribution in [1.82, 2.24) is 0 Å². The highest BCUT2D eigenvalue weighted by molar-refractivity contribution is 7.89. The minimum Gasteiger partial charge on any atom is -0.446 e. The number of hydrogen-bond acceptors (Lipinski definition) is 4. The summed E-state index contributed by atoms with van der Waals surface area (Å²) in [5.74, 6) is 0.145. The molecule has 0 aliphatic rings. The molecular weight excluding hydrogens is 271 g/mol. The van der Waals surface area contributed by atoms with Gasteiger partial charge in [0.05, 0.1) is 6.54 Å². The number of nitrogens with two attached hydrogens (primary N) is 1. The lowest BCUT2D eigenvalue weighted by Gasteiger charge is -2.05. The van der Waals surface area contributed by atoms with Crippen LogP contribution in [0, 0.1) is 12.7 Å². The molecule has 5 nitrogen and oxygen atoms in total. The zero-order chi connectivity index (χ0) is 14.0. The van der Waals surface area contributed by atoms with Crippen molar-refractivity contribution in [2.45, 2.75) is 18.6 Å². The van der Waals surface area contributed by atoms with Gasteiger partial charge in [-0.05, 0) is 42.8 Å². The number of rotatable bonds is 4. The van der Waals surface area contributed by atoms with Gasteiger partial charge in [0.25, 0.3) is 10.0 Å². The Balaban J connectivity index is 2.06. The Bertz CT molecular complexity index is 695. The van der Waals surface area contributed by atoms with E-state index < -0.39 is 10.0 Å². The average molecular weight is 284 g/mol. The van der Waals surface area contributed by atoms with Gasteiger partial charge in [-0.15, -0.1) is 0 Å². The van der Waals surface area contributed by atoms with Crippen molar-refractivity contribution in [1.29, 1.82) is 0 Å². The van der Waals surface area contributed by atoms with Crippen LogP contribution in [-0.4, -0.2) is 8.42 Å². The number of furan rings is 1. The van der Waals surface area contributed by atoms with E-state index in [4.69, 9.17) is 9.56 Å². The first-order chi connectivity index (χ1) is 8.86. The quantitative estimate of drug-likeness (QED) is 0.899. The van der Waals surface area contributed by atoms with Crippen LogP contribution in [0.1, 0.15) is 11.3 Å². The lowest BCUT2D eigenvalue weighted by atomic mass is 10.2. The van der Waals surface area contributed by atoms with Crippen LogP contribution < -0.4 is 10.5 Å². The van der Waals surface area contributed by atoms with Gasteiger partial charge in [-0.3, -0.25) is 0 Å². The van der Waals surface area contributed by atoms with Gasteiger partial charge >= 0.3 is 0 Å². The van der Waals surface area contributed by atoms with Gasteiger partial charge in [0, 0.05) is 5.69 Å². The van der Waals surface area contributed by atoms with E-state index in [2.05, 4.69) is 5.32 Å². The Morgan fingerprint density at radius 3 is 2.63 bits per heavy atom. The second-order valence-electron chi connectivity index (χ2n) is 4.08. The highest BCUT2D eigenvalue weighted by atomic mass is 32.2. The number of benzene rings is 1. The Morgan fingerprint density at radius 2 is 2.05 bits per heavy atom. The molecule has 0 radical (unpaired) electrons. The fourth-order valence-electron chi connectivity index (χ4n) is 1.55. The molecule has 0 amide bonds. The highest BCUT2D eigenvalue weighted by Crippen LogP contribution is 2.16. The van der Waals surface area contributed by atoms with E-state index >= 15 is 0 Å². The van der Waals surface area contributed by atoms with Gasteiger partial charge < -0.3 is 9.73 Å². The van der Waals surface area contributed by atoms with E-state index in [9.17, 15) is 12.8 Å². The molecule has 102 valence electrons. The van der Waals surface area contributed by atoms with Gasteiger partial charge in [-0.1, -0.05) is 0 Å². The first-order valence-corrected chi connectivity index (χ1v) is 7.02. The fourth-order valence-corrected chi connectivity index (χ4v) is 2.03. The molecule has 1 aromatic carbocycles. The van der Waals surface area contributed by atoms with E-state index in [1.807, 2.05) is 0 Å². The third-order valence-electron chi connectivity index (χ3n) is 2.54. The Kier molecular flexibility index (Phi) is 3.59. The van der Waals surface area contributed by atoms with E-state index in [0.717, 1.165) is 0 Å². The monoisotopic (exact) mass is 284 g/mol. The minimum absolute atomic E-state index is 0.278. The maximum absolute atomic E-state index is 13.1. The number of hydrogen-bond donors (Lipinski definition) is 2. The van der Waals surface area contributed by atoms with E-state index in [1.165, 1.54) is 18.2 Å². The molecule has 0 bridgehead atoms. The van der Waals surface area contributed by atoms with Crippen LogP contribution >= 0.6 is 0 Å². The third kappa shape index (κ3) is 3.33. The van der Waals surface area contributed by atoms with Crippen molar-refractivity contribution in [3.05, 3.63) is 47.5 Å². The molecule has 3 N–H and O–H groups in total. The normalized spacial score (nSPS) is 11.5. The first kappa shape index (κ1) is 13.6. The van der Waals surface area contributed by atoms with Crippen molar-refractivity contribution in [3.8, 4) is 0 Å². The number of anilines is 1. The van der Waals surface area contributed by atoms with Crippen LogP contribution in [0.3, 0.4) is 0 Å². The molecule has 0 spiro atoms. The standard InChI is InChI=1S/C12H13FN2O3S/c1-8-6-9(2-4-11(8)13)15-7-10-3-5-12(18-10)19(14,16)17/h2-6,15H,7H2,1H3,(H2,14,16,17). The average Bonchev–Trinajstić information content (AvgIpc) is 2.79. The van der Waals surface area contributed by atoms with Crippen molar-refractivity contribution in [2.75, 3.05) is 5.32 Å². The summed E-state index contributed by atoms with van der Waals surface area (Å²) in [4.78, 5) is 0. The predicted octanol–water partition coefficient (Wildman–Crippen LogP) is 1.99. The van der Waals surface area contributed by atoms with Crippen LogP contribution in [0.5, 0.6) is 0 Å². The van der Waals surface area contributed by atoms with Crippen LogP contribution in [-0.2, 0) is 16.6 Å². The summed E-state index contributed by atoms with van der Waals surface area (Å²) in [6, 6.07) is 7.41. The summed E-state index contributed by atoms with van der Waals surface area (Å²) < 4.78 is 40.2.